The van der Waals surface area contributed by atoms with Crippen molar-refractivity contribution >= 4 is 11.6 Å². The Hall–Kier alpha value is -3.22. The molecule has 25 heavy (non-hydrogen) atoms. The maximum atomic E-state index is 11.8. The molecule has 1 amide bonds. The minimum atomic E-state index is -0.152. The highest BCUT2D eigenvalue weighted by atomic mass is 16.5. The Bertz CT molecular complexity index is 882. The van der Waals surface area contributed by atoms with Crippen molar-refractivity contribution < 1.29 is 13.9 Å². The number of methoxy groups -OCH3 is 1. The number of furan rings is 1. The fourth-order valence-electron chi connectivity index (χ4n) is 2.55. The number of hydrogen-bond acceptors (Lipinski definition) is 5. The zero-order valence-corrected chi connectivity index (χ0v) is 14.3. The molecule has 3 N–H and O–H groups in total. The lowest BCUT2D eigenvalue weighted by Crippen LogP contribution is -2.18. The minimum Gasteiger partial charge on any atom is -0.495 e. The molecule has 0 aliphatic rings. The number of H-pyrrole nitrogens is 1. The number of carbonyl (C=O) groups is 1. The summed E-state index contributed by atoms with van der Waals surface area (Å²) < 4.78 is 11.0. The molecule has 130 valence electrons. The van der Waals surface area contributed by atoms with E-state index in [0.29, 0.717) is 17.9 Å². The van der Waals surface area contributed by atoms with Crippen LogP contribution in [0.15, 0.2) is 40.9 Å². The Balaban J connectivity index is 1.82. The van der Waals surface area contributed by atoms with Gasteiger partial charge in [-0.2, -0.15) is 5.10 Å². The van der Waals surface area contributed by atoms with Crippen molar-refractivity contribution in [3.05, 3.63) is 53.4 Å². The van der Waals surface area contributed by atoms with Crippen molar-refractivity contribution in [3.63, 3.8) is 0 Å². The van der Waals surface area contributed by atoms with Gasteiger partial charge in [0.2, 0.25) is 0 Å². The van der Waals surface area contributed by atoms with Gasteiger partial charge in [-0.25, -0.2) is 0 Å². The van der Waals surface area contributed by atoms with Gasteiger partial charge in [-0.1, -0.05) is 0 Å². The van der Waals surface area contributed by atoms with Crippen LogP contribution in [0.4, 0.5) is 5.69 Å². The SMILES string of the molecule is CNC(=O)c1ccc(OC)c(NCc2cn[nH]c2-c2ccc(C)o2)c1. The van der Waals surface area contributed by atoms with Gasteiger partial charge in [-0.3, -0.25) is 9.89 Å². The van der Waals surface area contributed by atoms with Crippen LogP contribution in [0.3, 0.4) is 0 Å². The highest BCUT2D eigenvalue weighted by Crippen LogP contribution is 2.28. The minimum absolute atomic E-state index is 0.152. The van der Waals surface area contributed by atoms with E-state index < -0.39 is 0 Å². The van der Waals surface area contributed by atoms with Crippen LogP contribution >= 0.6 is 0 Å². The number of nitrogens with zero attached hydrogens (tertiary/aromatic N) is 1. The van der Waals surface area contributed by atoms with E-state index in [9.17, 15) is 4.79 Å². The summed E-state index contributed by atoms with van der Waals surface area (Å²) in [6.45, 7) is 2.39. The largest absolute Gasteiger partial charge is 0.495 e. The molecule has 0 spiro atoms. The van der Waals surface area contributed by atoms with Crippen LogP contribution < -0.4 is 15.4 Å². The molecule has 0 aliphatic heterocycles. The summed E-state index contributed by atoms with van der Waals surface area (Å²) in [5.41, 5.74) is 3.05. The zero-order chi connectivity index (χ0) is 17.8. The number of anilines is 1. The predicted molar refractivity (Wildman–Crippen MR) is 94.7 cm³/mol. The van der Waals surface area contributed by atoms with Crippen molar-refractivity contribution in [2.24, 2.45) is 0 Å². The van der Waals surface area contributed by atoms with Gasteiger partial charge in [-0.05, 0) is 37.3 Å². The second kappa shape index (κ2) is 7.12. The molecule has 2 aromatic heterocycles. The van der Waals surface area contributed by atoms with Crippen molar-refractivity contribution in [2.45, 2.75) is 13.5 Å². The predicted octanol–water partition coefficient (Wildman–Crippen LogP) is 2.96. The highest BCUT2D eigenvalue weighted by Gasteiger charge is 2.13. The van der Waals surface area contributed by atoms with Crippen molar-refractivity contribution in [1.82, 2.24) is 15.5 Å². The summed E-state index contributed by atoms with van der Waals surface area (Å²) in [5.74, 6) is 2.08. The van der Waals surface area contributed by atoms with Crippen LogP contribution in [-0.4, -0.2) is 30.3 Å². The van der Waals surface area contributed by atoms with Crippen molar-refractivity contribution in [3.8, 4) is 17.2 Å². The number of amides is 1. The third-order valence-corrected chi connectivity index (χ3v) is 3.86. The number of benzene rings is 1. The number of hydrogen-bond donors (Lipinski definition) is 3. The van der Waals surface area contributed by atoms with Crippen LogP contribution in [0, 0.1) is 6.92 Å². The van der Waals surface area contributed by atoms with Gasteiger partial charge in [0.15, 0.2) is 5.76 Å². The summed E-state index contributed by atoms with van der Waals surface area (Å²) in [7, 11) is 3.19. The van der Waals surface area contributed by atoms with Gasteiger partial charge in [0.25, 0.3) is 5.91 Å². The number of aromatic nitrogens is 2. The first kappa shape index (κ1) is 16.6. The average molecular weight is 340 g/mol. The molecule has 7 nitrogen and oxygen atoms in total. The van der Waals surface area contributed by atoms with E-state index in [0.717, 1.165) is 28.5 Å². The quantitative estimate of drug-likeness (QED) is 0.641. The highest BCUT2D eigenvalue weighted by molar-refractivity contribution is 5.95. The van der Waals surface area contributed by atoms with E-state index in [2.05, 4.69) is 20.8 Å². The van der Waals surface area contributed by atoms with Crippen molar-refractivity contribution in [2.75, 3.05) is 19.5 Å². The number of aromatic amines is 1. The number of ether oxygens (including phenoxy) is 1. The number of carbonyl (C=O) groups excluding carboxylic acids is 1. The lowest BCUT2D eigenvalue weighted by Gasteiger charge is -2.12. The third-order valence-electron chi connectivity index (χ3n) is 3.86. The maximum absolute atomic E-state index is 11.8. The molecule has 0 fully saturated rings. The topological polar surface area (TPSA) is 92.2 Å². The van der Waals surface area contributed by atoms with E-state index in [1.54, 1.807) is 38.6 Å². The van der Waals surface area contributed by atoms with Gasteiger partial charge in [0.1, 0.15) is 17.2 Å². The molecule has 0 aliphatic carbocycles. The lowest BCUT2D eigenvalue weighted by molar-refractivity contribution is 0.0963. The Labute approximate surface area is 145 Å². The van der Waals surface area contributed by atoms with E-state index in [-0.39, 0.29) is 5.91 Å². The smallest absolute Gasteiger partial charge is 0.251 e. The first-order chi connectivity index (χ1) is 12.1. The molecular weight excluding hydrogens is 320 g/mol. The van der Waals surface area contributed by atoms with E-state index in [1.807, 2.05) is 19.1 Å². The number of nitrogens with one attached hydrogen (secondary N) is 3. The second-order valence-electron chi connectivity index (χ2n) is 5.53. The van der Waals surface area contributed by atoms with Gasteiger partial charge in [0, 0.05) is 24.7 Å². The molecule has 1 aromatic carbocycles. The van der Waals surface area contributed by atoms with Gasteiger partial charge in [-0.15, -0.1) is 0 Å². The molecule has 2 heterocycles. The molecule has 0 radical (unpaired) electrons. The first-order valence-electron chi connectivity index (χ1n) is 7.85. The van der Waals surface area contributed by atoms with E-state index in [1.165, 1.54) is 0 Å². The first-order valence-corrected chi connectivity index (χ1v) is 7.85. The average Bonchev–Trinajstić information content (AvgIpc) is 3.27. The number of aryl methyl sites for hydroxylation is 1. The maximum Gasteiger partial charge on any atom is 0.251 e. The van der Waals surface area contributed by atoms with Gasteiger partial charge < -0.3 is 19.8 Å². The van der Waals surface area contributed by atoms with Crippen LogP contribution in [0.2, 0.25) is 0 Å². The molecular formula is C18H20N4O3. The molecule has 7 heteroatoms. The summed E-state index contributed by atoms with van der Waals surface area (Å²) in [4.78, 5) is 11.8. The Morgan fingerprint density at radius 3 is 2.84 bits per heavy atom. The number of rotatable bonds is 6. The zero-order valence-electron chi connectivity index (χ0n) is 14.3. The molecule has 0 saturated carbocycles. The molecule has 3 aromatic rings. The summed E-state index contributed by atoms with van der Waals surface area (Å²) in [6, 6.07) is 9.05. The summed E-state index contributed by atoms with van der Waals surface area (Å²) in [6.07, 6.45) is 1.75. The van der Waals surface area contributed by atoms with Crippen molar-refractivity contribution in [1.29, 1.82) is 0 Å². The third kappa shape index (κ3) is 3.50. The molecule has 0 atom stereocenters. The van der Waals surface area contributed by atoms with E-state index >= 15 is 0 Å². The monoisotopic (exact) mass is 340 g/mol. The standard InChI is InChI=1S/C18H20N4O3/c1-11-4-6-16(25-11)17-13(10-21-22-17)9-20-14-8-12(18(23)19-2)5-7-15(14)24-3/h4-8,10,20H,9H2,1-3H3,(H,19,23)(H,21,22). The summed E-state index contributed by atoms with van der Waals surface area (Å²) in [5, 5.41) is 13.0. The van der Waals surface area contributed by atoms with Crippen LogP contribution in [0.5, 0.6) is 5.75 Å². The normalized spacial score (nSPS) is 10.5. The fraction of sp³-hybridized carbons (Fsp3) is 0.222. The molecule has 0 bridgehead atoms. The Morgan fingerprint density at radius 1 is 1.32 bits per heavy atom. The van der Waals surface area contributed by atoms with Crippen LogP contribution in [0.25, 0.3) is 11.5 Å². The van der Waals surface area contributed by atoms with Gasteiger partial charge in [0.05, 0.1) is 19.0 Å². The van der Waals surface area contributed by atoms with Crippen LogP contribution in [-0.2, 0) is 6.54 Å². The Kier molecular flexibility index (Phi) is 4.74. The molecule has 0 unspecified atom stereocenters. The van der Waals surface area contributed by atoms with E-state index in [4.69, 9.17) is 9.15 Å². The van der Waals surface area contributed by atoms with Gasteiger partial charge >= 0.3 is 0 Å². The molecule has 3 rings (SSSR count). The fourth-order valence-corrected chi connectivity index (χ4v) is 2.55. The lowest BCUT2D eigenvalue weighted by atomic mass is 10.1. The molecule has 0 saturated heterocycles. The summed E-state index contributed by atoms with van der Waals surface area (Å²) >= 11 is 0. The second-order valence-corrected chi connectivity index (χ2v) is 5.53. The van der Waals surface area contributed by atoms with Crippen LogP contribution in [0.1, 0.15) is 21.7 Å². The Morgan fingerprint density at radius 2 is 2.16 bits per heavy atom.